The van der Waals surface area contributed by atoms with Gasteiger partial charge >= 0.3 is 0 Å². The van der Waals surface area contributed by atoms with Gasteiger partial charge < -0.3 is 9.47 Å². The van der Waals surface area contributed by atoms with E-state index in [1.165, 1.54) is 33.7 Å². The number of rotatable bonds is 8. The highest BCUT2D eigenvalue weighted by molar-refractivity contribution is 7.09. The highest BCUT2D eigenvalue weighted by atomic mass is 32.1. The van der Waals surface area contributed by atoms with Crippen molar-refractivity contribution in [3.8, 4) is 11.5 Å². The molecular formula is C29H31N3O2S2. The molecule has 7 heteroatoms. The predicted molar refractivity (Wildman–Crippen MR) is 145 cm³/mol. The summed E-state index contributed by atoms with van der Waals surface area (Å²) in [5, 5.41) is 0. The maximum atomic E-state index is 6.58. The monoisotopic (exact) mass is 517 g/mol. The van der Waals surface area contributed by atoms with Gasteiger partial charge in [0.25, 0.3) is 0 Å². The fourth-order valence-electron chi connectivity index (χ4n) is 5.45. The lowest BCUT2D eigenvalue weighted by Crippen LogP contribution is -2.40. The molecule has 3 atom stereocenters. The number of thiazole rings is 2. The molecule has 0 bridgehead atoms. The van der Waals surface area contributed by atoms with Crippen molar-refractivity contribution in [1.82, 2.24) is 14.9 Å². The third kappa shape index (κ3) is 5.64. The minimum Gasteiger partial charge on any atom is -0.490 e. The first kappa shape index (κ1) is 23.6. The second kappa shape index (κ2) is 11.1. The van der Waals surface area contributed by atoms with Crippen molar-refractivity contribution in [3.05, 3.63) is 92.8 Å². The molecule has 1 saturated carbocycles. The Kier molecular flexibility index (Phi) is 7.30. The molecule has 5 nitrogen and oxygen atoms in total. The lowest BCUT2D eigenvalue weighted by atomic mass is 9.91. The lowest BCUT2D eigenvalue weighted by molar-refractivity contribution is 0.0684. The van der Waals surface area contributed by atoms with E-state index in [9.17, 15) is 0 Å². The van der Waals surface area contributed by atoms with Gasteiger partial charge in [0.05, 0.1) is 11.0 Å². The topological polar surface area (TPSA) is 47.5 Å². The summed E-state index contributed by atoms with van der Waals surface area (Å²) in [5.74, 6) is 1.96. The number of aromatic nitrogens is 2. The molecule has 0 spiro atoms. The Hall–Kier alpha value is -2.74. The molecule has 3 unspecified atom stereocenters. The summed E-state index contributed by atoms with van der Waals surface area (Å²) < 4.78 is 12.9. The van der Waals surface area contributed by atoms with E-state index >= 15 is 0 Å². The molecule has 186 valence electrons. The van der Waals surface area contributed by atoms with Gasteiger partial charge in [-0.25, -0.2) is 0 Å². The van der Waals surface area contributed by atoms with Crippen LogP contribution in [-0.2, 0) is 19.5 Å². The average molecular weight is 518 g/mol. The van der Waals surface area contributed by atoms with Crippen LogP contribution in [0.3, 0.4) is 0 Å². The molecule has 0 saturated heterocycles. The molecular weight excluding hydrogens is 486 g/mol. The van der Waals surface area contributed by atoms with E-state index in [-0.39, 0.29) is 12.2 Å². The fourth-order valence-corrected chi connectivity index (χ4v) is 6.69. The standard InChI is InChI=1S/C29H31N3O2S2/c1-2-5-21(6-3-1)28-11-9-22-13-25(10-12-29(22)34-28)33-24-8-4-7-23(14-24)32(17-26-15-30-19-35-26)18-27-16-31-20-36-27/h1-3,5-6,10,12-13,15-16,19-20,23-24,28H,4,7-9,11,14,17-18H2. The van der Waals surface area contributed by atoms with Gasteiger partial charge in [-0.1, -0.05) is 30.3 Å². The molecule has 2 aliphatic rings. The molecule has 1 aliphatic heterocycles. The van der Waals surface area contributed by atoms with E-state index in [1.54, 1.807) is 22.7 Å². The van der Waals surface area contributed by atoms with Crippen molar-refractivity contribution in [2.75, 3.05) is 0 Å². The summed E-state index contributed by atoms with van der Waals surface area (Å²) >= 11 is 3.47. The van der Waals surface area contributed by atoms with Crippen LogP contribution in [0.4, 0.5) is 0 Å². The van der Waals surface area contributed by atoms with Crippen LogP contribution in [0.1, 0.15) is 59.1 Å². The Morgan fingerprint density at radius 3 is 2.42 bits per heavy atom. The van der Waals surface area contributed by atoms with Crippen molar-refractivity contribution >= 4 is 22.7 Å². The Morgan fingerprint density at radius 2 is 1.69 bits per heavy atom. The SMILES string of the molecule is c1ccc(C2CCc3cc(OC4CCCC(N(Cc5cncs5)Cc5cncs5)C4)ccc3O2)cc1. The molecule has 6 rings (SSSR count). The third-order valence-corrected chi connectivity index (χ3v) is 8.78. The van der Waals surface area contributed by atoms with Crippen molar-refractivity contribution in [1.29, 1.82) is 0 Å². The Morgan fingerprint density at radius 1 is 0.917 bits per heavy atom. The molecule has 3 heterocycles. The fraction of sp³-hybridized carbons (Fsp3) is 0.379. The zero-order valence-corrected chi connectivity index (χ0v) is 21.9. The molecule has 2 aromatic heterocycles. The van der Waals surface area contributed by atoms with E-state index in [2.05, 4.69) is 63.4 Å². The van der Waals surface area contributed by atoms with Crippen LogP contribution in [0, 0.1) is 0 Å². The molecule has 0 N–H and O–H groups in total. The molecule has 36 heavy (non-hydrogen) atoms. The number of nitrogens with zero attached hydrogens (tertiary/aromatic N) is 3. The Bertz CT molecular complexity index is 1190. The first-order valence-electron chi connectivity index (χ1n) is 12.8. The zero-order valence-electron chi connectivity index (χ0n) is 20.3. The first-order chi connectivity index (χ1) is 17.8. The minimum absolute atomic E-state index is 0.132. The number of benzene rings is 2. The highest BCUT2D eigenvalue weighted by Gasteiger charge is 2.29. The summed E-state index contributed by atoms with van der Waals surface area (Å²) in [6.45, 7) is 1.86. The summed E-state index contributed by atoms with van der Waals surface area (Å²) in [7, 11) is 0. The number of fused-ring (bicyclic) bond motifs is 1. The van der Waals surface area contributed by atoms with Crippen LogP contribution >= 0.6 is 22.7 Å². The van der Waals surface area contributed by atoms with Gasteiger partial charge in [0.1, 0.15) is 23.7 Å². The van der Waals surface area contributed by atoms with Gasteiger partial charge in [-0.3, -0.25) is 14.9 Å². The quantitative estimate of drug-likeness (QED) is 0.250. The summed E-state index contributed by atoms with van der Waals surface area (Å²) in [5.41, 5.74) is 6.35. The molecule has 1 aliphatic carbocycles. The van der Waals surface area contributed by atoms with Crippen LogP contribution in [0.15, 0.2) is 71.9 Å². The van der Waals surface area contributed by atoms with Gasteiger partial charge in [-0.05, 0) is 67.9 Å². The number of hydrogen-bond acceptors (Lipinski definition) is 7. The van der Waals surface area contributed by atoms with Gasteiger partial charge in [0.2, 0.25) is 0 Å². The Balaban J connectivity index is 1.11. The number of ether oxygens (including phenoxy) is 2. The van der Waals surface area contributed by atoms with Gasteiger partial charge in [0.15, 0.2) is 0 Å². The highest BCUT2D eigenvalue weighted by Crippen LogP contribution is 2.38. The second-order valence-electron chi connectivity index (χ2n) is 9.73. The van der Waals surface area contributed by atoms with Crippen molar-refractivity contribution in [2.24, 2.45) is 0 Å². The lowest BCUT2D eigenvalue weighted by Gasteiger charge is -2.37. The van der Waals surface area contributed by atoms with Crippen LogP contribution in [0.25, 0.3) is 0 Å². The molecule has 0 amide bonds. The van der Waals surface area contributed by atoms with Crippen molar-refractivity contribution < 1.29 is 9.47 Å². The van der Waals surface area contributed by atoms with Crippen molar-refractivity contribution in [2.45, 2.75) is 69.9 Å². The van der Waals surface area contributed by atoms with Gasteiger partial charge in [-0.2, -0.15) is 0 Å². The van der Waals surface area contributed by atoms with Crippen molar-refractivity contribution in [3.63, 3.8) is 0 Å². The Labute approximate surface area is 220 Å². The van der Waals surface area contributed by atoms with E-state index in [4.69, 9.17) is 9.47 Å². The second-order valence-corrected chi connectivity index (χ2v) is 11.7. The van der Waals surface area contributed by atoms with E-state index in [0.717, 1.165) is 50.3 Å². The van der Waals surface area contributed by atoms with Crippen LogP contribution < -0.4 is 9.47 Å². The molecule has 1 fully saturated rings. The predicted octanol–water partition coefficient (Wildman–Crippen LogP) is 7.06. The van der Waals surface area contributed by atoms with Gasteiger partial charge in [-0.15, -0.1) is 22.7 Å². The normalized spacial score (nSPS) is 21.6. The number of aryl methyl sites for hydroxylation is 1. The van der Waals surface area contributed by atoms with E-state index in [1.807, 2.05) is 23.4 Å². The van der Waals surface area contributed by atoms with Crippen LogP contribution in [0.5, 0.6) is 11.5 Å². The summed E-state index contributed by atoms with van der Waals surface area (Å²) in [6, 6.07) is 17.4. The van der Waals surface area contributed by atoms with Crippen LogP contribution in [0.2, 0.25) is 0 Å². The summed E-state index contributed by atoms with van der Waals surface area (Å²) in [4.78, 5) is 13.8. The zero-order chi connectivity index (χ0) is 24.2. The maximum absolute atomic E-state index is 6.58. The summed E-state index contributed by atoms with van der Waals surface area (Å²) in [6.07, 6.45) is 10.9. The van der Waals surface area contributed by atoms with Crippen LogP contribution in [-0.4, -0.2) is 27.0 Å². The average Bonchev–Trinajstić information content (AvgIpc) is 3.63. The van der Waals surface area contributed by atoms with E-state index < -0.39 is 0 Å². The maximum Gasteiger partial charge on any atom is 0.124 e. The molecule has 4 aromatic rings. The van der Waals surface area contributed by atoms with Gasteiger partial charge in [0, 0.05) is 41.3 Å². The molecule has 0 radical (unpaired) electrons. The first-order valence-corrected chi connectivity index (χ1v) is 14.6. The smallest absolute Gasteiger partial charge is 0.124 e. The molecule has 2 aromatic carbocycles. The largest absolute Gasteiger partial charge is 0.490 e. The van der Waals surface area contributed by atoms with E-state index in [0.29, 0.717) is 6.04 Å². The number of hydrogen-bond donors (Lipinski definition) is 0. The third-order valence-electron chi connectivity index (χ3n) is 7.25. The minimum atomic E-state index is 0.132.